The highest BCUT2D eigenvalue weighted by Gasteiger charge is 1.95. The van der Waals surface area contributed by atoms with Crippen molar-refractivity contribution in [2.24, 2.45) is 0 Å². The molecule has 0 aromatic carbocycles. The van der Waals surface area contributed by atoms with Crippen LogP contribution in [0.4, 0.5) is 0 Å². The van der Waals surface area contributed by atoms with Crippen molar-refractivity contribution in [2.45, 2.75) is 110 Å². The summed E-state index contributed by atoms with van der Waals surface area (Å²) in [4.78, 5) is 10.4. The van der Waals surface area contributed by atoms with E-state index < -0.39 is 5.97 Å². The maximum Gasteiger partial charge on any atom is 0.303 e. The second-order valence-corrected chi connectivity index (χ2v) is 6.44. The molecule has 0 unspecified atom stereocenters. The van der Waals surface area contributed by atoms with Crippen LogP contribution in [0.1, 0.15) is 110 Å². The lowest BCUT2D eigenvalue weighted by Gasteiger charge is -2.00. The zero-order chi connectivity index (χ0) is 16.3. The predicted octanol–water partition coefficient (Wildman–Crippen LogP) is 6.89. The number of aliphatic carboxylic acids is 1. The van der Waals surface area contributed by atoms with Gasteiger partial charge < -0.3 is 5.11 Å². The third-order valence-corrected chi connectivity index (χ3v) is 4.15. The normalized spacial score (nSPS) is 11.3. The Kier molecular flexibility index (Phi) is 17.6. The van der Waals surface area contributed by atoms with E-state index in [0.29, 0.717) is 6.42 Å². The van der Waals surface area contributed by atoms with Gasteiger partial charge >= 0.3 is 5.97 Å². The van der Waals surface area contributed by atoms with Crippen molar-refractivity contribution < 1.29 is 9.90 Å². The van der Waals surface area contributed by atoms with E-state index in [0.717, 1.165) is 12.8 Å². The summed E-state index contributed by atoms with van der Waals surface area (Å²) in [7, 11) is 0. The van der Waals surface area contributed by atoms with Crippen LogP contribution in [0.15, 0.2) is 12.2 Å². The van der Waals surface area contributed by atoms with Crippen molar-refractivity contribution in [3.05, 3.63) is 12.2 Å². The summed E-state index contributed by atoms with van der Waals surface area (Å²) in [5.74, 6) is -0.663. The first-order valence-electron chi connectivity index (χ1n) is 9.64. The number of allylic oxidation sites excluding steroid dienone is 2. The van der Waals surface area contributed by atoms with Gasteiger partial charge in [-0.05, 0) is 32.1 Å². The topological polar surface area (TPSA) is 37.3 Å². The predicted molar refractivity (Wildman–Crippen MR) is 96.3 cm³/mol. The Hall–Kier alpha value is -0.790. The third-order valence-electron chi connectivity index (χ3n) is 4.15. The Balaban J connectivity index is 3.07. The van der Waals surface area contributed by atoms with Crippen LogP contribution in [0.2, 0.25) is 0 Å². The summed E-state index contributed by atoms with van der Waals surface area (Å²) in [5.41, 5.74) is 0. The van der Waals surface area contributed by atoms with Crippen molar-refractivity contribution >= 4 is 5.97 Å². The Labute approximate surface area is 138 Å². The number of carbonyl (C=O) groups is 1. The molecule has 2 heteroatoms. The van der Waals surface area contributed by atoms with Crippen molar-refractivity contribution in [1.82, 2.24) is 0 Å². The van der Waals surface area contributed by atoms with Gasteiger partial charge in [0.15, 0.2) is 0 Å². The van der Waals surface area contributed by atoms with Gasteiger partial charge in [-0.1, -0.05) is 83.3 Å². The molecular weight excluding hydrogens is 272 g/mol. The van der Waals surface area contributed by atoms with E-state index in [-0.39, 0.29) is 0 Å². The molecule has 130 valence electrons. The van der Waals surface area contributed by atoms with Gasteiger partial charge in [-0.25, -0.2) is 0 Å². The molecule has 0 aromatic heterocycles. The van der Waals surface area contributed by atoms with Crippen LogP contribution in [0.5, 0.6) is 0 Å². The smallest absolute Gasteiger partial charge is 0.303 e. The molecule has 0 aromatic rings. The van der Waals surface area contributed by atoms with Gasteiger partial charge in [-0.3, -0.25) is 4.79 Å². The van der Waals surface area contributed by atoms with Gasteiger partial charge in [0.05, 0.1) is 0 Å². The SMILES string of the molecule is CCCCCCCCCC/C=C\CCCCCCCC(=O)O. The minimum atomic E-state index is -0.663. The Morgan fingerprint density at radius 2 is 1.09 bits per heavy atom. The van der Waals surface area contributed by atoms with Crippen LogP contribution in [0.3, 0.4) is 0 Å². The number of hydrogen-bond acceptors (Lipinski definition) is 1. The molecule has 1 N–H and O–H groups in total. The minimum Gasteiger partial charge on any atom is -0.481 e. The largest absolute Gasteiger partial charge is 0.481 e. The molecule has 0 aliphatic carbocycles. The number of rotatable bonds is 17. The van der Waals surface area contributed by atoms with Crippen LogP contribution in [-0.2, 0) is 4.79 Å². The molecule has 0 amide bonds. The summed E-state index contributed by atoms with van der Waals surface area (Å²) in [6.45, 7) is 2.27. The lowest BCUT2D eigenvalue weighted by Crippen LogP contribution is -1.93. The molecule has 0 rings (SSSR count). The maximum absolute atomic E-state index is 10.4. The van der Waals surface area contributed by atoms with Crippen molar-refractivity contribution in [2.75, 3.05) is 0 Å². The van der Waals surface area contributed by atoms with Gasteiger partial charge in [-0.2, -0.15) is 0 Å². The number of unbranched alkanes of at least 4 members (excludes halogenated alkanes) is 13. The number of hydrogen-bond donors (Lipinski definition) is 1. The van der Waals surface area contributed by atoms with Gasteiger partial charge in [0.1, 0.15) is 0 Å². The highest BCUT2D eigenvalue weighted by atomic mass is 16.4. The lowest BCUT2D eigenvalue weighted by atomic mass is 10.1. The molecular formula is C20H38O2. The summed E-state index contributed by atoms with van der Waals surface area (Å²) in [5, 5.41) is 8.53. The highest BCUT2D eigenvalue weighted by Crippen LogP contribution is 2.11. The Morgan fingerprint density at radius 1 is 0.682 bits per heavy atom. The summed E-state index contributed by atoms with van der Waals surface area (Å²) in [6, 6.07) is 0. The van der Waals surface area contributed by atoms with Gasteiger partial charge in [0, 0.05) is 6.42 Å². The quantitative estimate of drug-likeness (QED) is 0.234. The Bertz CT molecular complexity index is 258. The van der Waals surface area contributed by atoms with E-state index in [1.807, 2.05) is 0 Å². The van der Waals surface area contributed by atoms with Crippen molar-refractivity contribution in [3.8, 4) is 0 Å². The molecule has 0 saturated carbocycles. The lowest BCUT2D eigenvalue weighted by molar-refractivity contribution is -0.137. The minimum absolute atomic E-state index is 0.332. The average molecular weight is 311 g/mol. The molecule has 0 fully saturated rings. The standard InChI is InChI=1S/C20H38O2/c1-2-3-4-5-6-7-8-9-10-11-12-13-14-15-16-17-18-19-20(21)22/h11-12H,2-10,13-19H2,1H3,(H,21,22)/b12-11-. The molecule has 0 heterocycles. The summed E-state index contributed by atoms with van der Waals surface area (Å²) >= 11 is 0. The van der Waals surface area contributed by atoms with E-state index in [2.05, 4.69) is 19.1 Å². The van der Waals surface area contributed by atoms with Crippen LogP contribution in [0.25, 0.3) is 0 Å². The molecule has 0 aliphatic heterocycles. The van der Waals surface area contributed by atoms with Crippen LogP contribution in [-0.4, -0.2) is 11.1 Å². The fraction of sp³-hybridized carbons (Fsp3) is 0.850. The molecule has 22 heavy (non-hydrogen) atoms. The molecule has 0 aliphatic rings. The van der Waals surface area contributed by atoms with Crippen LogP contribution < -0.4 is 0 Å². The third kappa shape index (κ3) is 19.2. The van der Waals surface area contributed by atoms with E-state index in [9.17, 15) is 4.79 Å². The molecule has 2 nitrogen and oxygen atoms in total. The molecule has 0 saturated heterocycles. The van der Waals surface area contributed by atoms with Crippen LogP contribution >= 0.6 is 0 Å². The van der Waals surface area contributed by atoms with Gasteiger partial charge in [-0.15, -0.1) is 0 Å². The van der Waals surface area contributed by atoms with Gasteiger partial charge in [0.2, 0.25) is 0 Å². The summed E-state index contributed by atoms with van der Waals surface area (Å²) in [6.07, 6.45) is 24.2. The fourth-order valence-electron chi connectivity index (χ4n) is 2.70. The van der Waals surface area contributed by atoms with E-state index >= 15 is 0 Å². The highest BCUT2D eigenvalue weighted by molar-refractivity contribution is 5.66. The zero-order valence-electron chi connectivity index (χ0n) is 14.8. The second-order valence-electron chi connectivity index (χ2n) is 6.44. The Morgan fingerprint density at radius 3 is 1.55 bits per heavy atom. The number of carboxylic acids is 1. The van der Waals surface area contributed by atoms with E-state index in [4.69, 9.17) is 5.11 Å². The molecule has 0 spiro atoms. The number of carboxylic acid groups (broad SMARTS) is 1. The maximum atomic E-state index is 10.4. The van der Waals surface area contributed by atoms with Crippen molar-refractivity contribution in [3.63, 3.8) is 0 Å². The molecule has 0 radical (unpaired) electrons. The van der Waals surface area contributed by atoms with Crippen LogP contribution in [0, 0.1) is 0 Å². The van der Waals surface area contributed by atoms with Gasteiger partial charge in [0.25, 0.3) is 0 Å². The fourth-order valence-corrected chi connectivity index (χ4v) is 2.70. The zero-order valence-corrected chi connectivity index (χ0v) is 14.8. The average Bonchev–Trinajstić information content (AvgIpc) is 2.50. The molecule has 0 atom stereocenters. The van der Waals surface area contributed by atoms with E-state index in [1.165, 1.54) is 83.5 Å². The first-order chi connectivity index (χ1) is 10.8. The van der Waals surface area contributed by atoms with Crippen molar-refractivity contribution in [1.29, 1.82) is 0 Å². The monoisotopic (exact) mass is 310 g/mol. The molecule has 0 bridgehead atoms. The second kappa shape index (κ2) is 18.3. The first kappa shape index (κ1) is 21.2. The summed E-state index contributed by atoms with van der Waals surface area (Å²) < 4.78 is 0. The van der Waals surface area contributed by atoms with E-state index in [1.54, 1.807) is 0 Å². The first-order valence-corrected chi connectivity index (χ1v) is 9.64.